The van der Waals surface area contributed by atoms with Crippen LogP contribution in [0.3, 0.4) is 0 Å². The summed E-state index contributed by atoms with van der Waals surface area (Å²) in [5.74, 6) is -4.94. The minimum atomic E-state index is -5.19. The van der Waals surface area contributed by atoms with Crippen molar-refractivity contribution in [3.63, 3.8) is 0 Å². The van der Waals surface area contributed by atoms with Gasteiger partial charge in [0, 0.05) is 12.5 Å². The summed E-state index contributed by atoms with van der Waals surface area (Å²) in [4.78, 5) is 23.0. The number of nitriles is 1. The lowest BCUT2D eigenvalue weighted by Gasteiger charge is -2.07. The van der Waals surface area contributed by atoms with Crippen LogP contribution in [0, 0.1) is 11.3 Å². The molecule has 1 aromatic rings. The van der Waals surface area contributed by atoms with Crippen LogP contribution in [-0.4, -0.2) is 43.4 Å². The van der Waals surface area contributed by atoms with E-state index in [-0.39, 0.29) is 0 Å². The highest BCUT2D eigenvalue weighted by atomic mass is 19.4. The summed E-state index contributed by atoms with van der Waals surface area (Å²) < 4.78 is 63.1. The highest BCUT2D eigenvalue weighted by Gasteiger charge is 2.30. The zero-order valence-corrected chi connectivity index (χ0v) is 13.9. The number of alkyl halides is 6. The lowest BCUT2D eigenvalue weighted by molar-refractivity contribution is -0.412. The number of carbonyl (C=O) groups excluding carboxylic acids is 2. The largest absolute Gasteiger partial charge is 0.542 e. The maximum Gasteiger partial charge on any atom is 0.430 e. The minimum absolute atomic E-state index is 0.527. The van der Waals surface area contributed by atoms with Gasteiger partial charge in [0.05, 0.1) is 12.1 Å². The Hall–Kier alpha value is -3.08. The van der Waals surface area contributed by atoms with Crippen molar-refractivity contribution in [2.45, 2.75) is 24.8 Å². The van der Waals surface area contributed by atoms with E-state index in [2.05, 4.69) is 21.7 Å². The normalized spacial score (nSPS) is 16.1. The minimum Gasteiger partial charge on any atom is -0.542 e. The SMILES string of the molecule is N#Cc1ccc(N2CC[C@H]([NH3+])C2)[nH+]c1.O=C([O-])C(F)(F)F.O=C([O-])C(F)(F)F. The van der Waals surface area contributed by atoms with Crippen LogP contribution in [0.25, 0.3) is 0 Å². The van der Waals surface area contributed by atoms with Crippen LogP contribution in [0.5, 0.6) is 0 Å². The van der Waals surface area contributed by atoms with Crippen LogP contribution in [0.1, 0.15) is 12.0 Å². The van der Waals surface area contributed by atoms with Crippen LogP contribution in [0.15, 0.2) is 18.3 Å². The van der Waals surface area contributed by atoms with E-state index in [9.17, 15) is 26.3 Å². The maximum absolute atomic E-state index is 10.5. The number of anilines is 1. The van der Waals surface area contributed by atoms with Crippen LogP contribution in [0.2, 0.25) is 0 Å². The molecule has 0 aliphatic carbocycles. The molecule has 14 heteroatoms. The molecule has 0 unspecified atom stereocenters. The summed E-state index contributed by atoms with van der Waals surface area (Å²) in [5.41, 5.74) is 4.70. The zero-order chi connectivity index (χ0) is 22.1. The Morgan fingerprint density at radius 1 is 1.14 bits per heavy atom. The number of quaternary nitrogens is 1. The number of carbonyl (C=O) groups is 2. The average molecular weight is 416 g/mol. The van der Waals surface area contributed by atoms with E-state index in [1.807, 2.05) is 12.1 Å². The first kappa shape index (κ1) is 24.9. The summed E-state index contributed by atoms with van der Waals surface area (Å²) in [7, 11) is 0. The maximum atomic E-state index is 10.5. The van der Waals surface area contributed by atoms with E-state index in [0.717, 1.165) is 25.3 Å². The van der Waals surface area contributed by atoms with Gasteiger partial charge in [-0.25, -0.2) is 4.98 Å². The number of aromatic amines is 1. The quantitative estimate of drug-likeness (QED) is 0.513. The summed E-state index contributed by atoms with van der Waals surface area (Å²) in [6.07, 6.45) is -7.50. The van der Waals surface area contributed by atoms with Crippen molar-refractivity contribution in [1.82, 2.24) is 0 Å². The molecule has 28 heavy (non-hydrogen) atoms. The number of rotatable bonds is 1. The number of halogens is 6. The van der Waals surface area contributed by atoms with Gasteiger partial charge in [-0.05, 0) is 6.07 Å². The number of hydrogen-bond acceptors (Lipinski definition) is 6. The third-order valence-electron chi connectivity index (χ3n) is 3.01. The number of nitrogens with one attached hydrogen (secondary N) is 1. The summed E-state index contributed by atoms with van der Waals surface area (Å²) >= 11 is 0. The second kappa shape index (κ2) is 10.3. The molecule has 8 nitrogen and oxygen atoms in total. The van der Waals surface area contributed by atoms with E-state index in [4.69, 9.17) is 25.1 Å². The number of nitrogens with zero attached hydrogens (tertiary/aromatic N) is 2. The van der Waals surface area contributed by atoms with Gasteiger partial charge in [0.1, 0.15) is 36.8 Å². The number of H-pyrrole nitrogens is 1. The van der Waals surface area contributed by atoms with Gasteiger partial charge in [-0.3, -0.25) is 4.90 Å². The topological polar surface area (TPSA) is 149 Å². The Morgan fingerprint density at radius 2 is 1.61 bits per heavy atom. The van der Waals surface area contributed by atoms with E-state index in [1.54, 1.807) is 6.20 Å². The number of carboxylic acids is 2. The van der Waals surface area contributed by atoms with Gasteiger partial charge in [0.2, 0.25) is 0 Å². The van der Waals surface area contributed by atoms with E-state index in [1.165, 1.54) is 0 Å². The molecule has 1 saturated heterocycles. The molecule has 1 atom stereocenters. The second-order valence-corrected chi connectivity index (χ2v) is 5.25. The van der Waals surface area contributed by atoms with E-state index >= 15 is 0 Å². The van der Waals surface area contributed by atoms with E-state index in [0.29, 0.717) is 11.6 Å². The Labute approximate surface area is 153 Å². The van der Waals surface area contributed by atoms with Crippen molar-refractivity contribution < 1.29 is 56.9 Å². The molecule has 0 amide bonds. The van der Waals surface area contributed by atoms with Crippen molar-refractivity contribution in [1.29, 1.82) is 5.26 Å². The highest BCUT2D eigenvalue weighted by Crippen LogP contribution is 2.14. The molecule has 0 bridgehead atoms. The van der Waals surface area contributed by atoms with Crippen molar-refractivity contribution in [3.05, 3.63) is 23.9 Å². The molecular formula is C14H14F6N4O4. The second-order valence-electron chi connectivity index (χ2n) is 5.25. The predicted molar refractivity (Wildman–Crippen MR) is 73.3 cm³/mol. The molecular weight excluding hydrogens is 402 g/mol. The number of aliphatic carboxylic acids is 2. The Morgan fingerprint density at radius 3 is 1.86 bits per heavy atom. The summed E-state index contributed by atoms with van der Waals surface area (Å²) in [6, 6.07) is 6.41. The van der Waals surface area contributed by atoms with Crippen LogP contribution in [0.4, 0.5) is 32.2 Å². The first-order chi connectivity index (χ1) is 12.7. The molecule has 1 aliphatic rings. The predicted octanol–water partition coefficient (Wildman–Crippen LogP) is -2.21. The molecule has 0 saturated carbocycles. The molecule has 2 rings (SSSR count). The first-order valence-electron chi connectivity index (χ1n) is 7.24. The third-order valence-corrected chi connectivity index (χ3v) is 3.01. The Bertz CT molecular complexity index is 676. The molecule has 1 aromatic heterocycles. The fraction of sp³-hybridized carbons (Fsp3) is 0.429. The molecule has 2 heterocycles. The van der Waals surface area contributed by atoms with Gasteiger partial charge < -0.3 is 25.5 Å². The van der Waals surface area contributed by atoms with Crippen molar-refractivity contribution in [2.24, 2.45) is 0 Å². The van der Waals surface area contributed by atoms with Crippen LogP contribution >= 0.6 is 0 Å². The van der Waals surface area contributed by atoms with Crippen LogP contribution in [-0.2, 0) is 9.59 Å². The smallest absolute Gasteiger partial charge is 0.430 e. The van der Waals surface area contributed by atoms with Gasteiger partial charge in [-0.15, -0.1) is 0 Å². The van der Waals surface area contributed by atoms with E-state index < -0.39 is 24.3 Å². The monoisotopic (exact) mass is 416 g/mol. The molecule has 0 aromatic carbocycles. The molecule has 4 N–H and O–H groups in total. The van der Waals surface area contributed by atoms with Crippen molar-refractivity contribution in [3.8, 4) is 6.07 Å². The van der Waals surface area contributed by atoms with Gasteiger partial charge in [-0.2, -0.15) is 31.6 Å². The van der Waals surface area contributed by atoms with Crippen molar-refractivity contribution >= 4 is 17.8 Å². The molecule has 0 radical (unpaired) electrons. The standard InChI is InChI=1S/C10H12N4.2C2HF3O2/c11-5-8-1-2-10(13-6-8)14-4-3-9(12)7-14;2*3-2(4,5)1(6)7/h1-2,6,9H,3-4,7,12H2;2*(H,6,7)/t9-;;/m0../s1. The number of aromatic nitrogens is 1. The van der Waals surface area contributed by atoms with Gasteiger partial charge in [-0.1, -0.05) is 0 Å². The number of hydrogen-bond donors (Lipinski definition) is 1. The molecule has 1 aliphatic heterocycles. The fourth-order valence-corrected chi connectivity index (χ4v) is 1.73. The number of pyridine rings is 1. The van der Waals surface area contributed by atoms with Gasteiger partial charge >= 0.3 is 12.4 Å². The van der Waals surface area contributed by atoms with Crippen molar-refractivity contribution in [2.75, 3.05) is 18.0 Å². The Kier molecular flexibility index (Phi) is 9.17. The van der Waals surface area contributed by atoms with Crippen LogP contribution < -0.4 is 25.8 Å². The van der Waals surface area contributed by atoms with Gasteiger partial charge in [0.25, 0.3) is 5.82 Å². The average Bonchev–Trinajstić information content (AvgIpc) is 3.01. The molecule has 1 fully saturated rings. The first-order valence-corrected chi connectivity index (χ1v) is 7.24. The number of carboxylic acid groups (broad SMARTS) is 2. The third kappa shape index (κ3) is 9.57. The highest BCUT2D eigenvalue weighted by molar-refractivity contribution is 5.71. The lowest BCUT2D eigenvalue weighted by atomic mass is 10.3. The fourth-order valence-electron chi connectivity index (χ4n) is 1.73. The molecule has 156 valence electrons. The summed E-state index contributed by atoms with van der Waals surface area (Å²) in [6.45, 7) is 2.05. The zero-order valence-electron chi connectivity index (χ0n) is 13.9. The Balaban J connectivity index is 0.000000444. The molecule has 0 spiro atoms. The lowest BCUT2D eigenvalue weighted by Crippen LogP contribution is -2.62. The summed E-state index contributed by atoms with van der Waals surface area (Å²) in [5, 5.41) is 26.2. The van der Waals surface area contributed by atoms with Gasteiger partial charge in [0.15, 0.2) is 0 Å².